The molecule has 1 saturated heterocycles. The Morgan fingerprint density at radius 1 is 1.04 bits per heavy atom. The van der Waals surface area contributed by atoms with Gasteiger partial charge >= 0.3 is 0 Å². The number of aliphatic hydroxyl groups is 1. The first-order valence-electron chi connectivity index (χ1n) is 8.34. The number of nitrogens with one attached hydrogen (secondary N) is 1. The van der Waals surface area contributed by atoms with Gasteiger partial charge in [-0.15, -0.1) is 12.4 Å². The average molecular weight is 375 g/mol. The molecule has 144 valence electrons. The summed E-state index contributed by atoms with van der Waals surface area (Å²) in [6.45, 7) is 7.96. The second-order valence-corrected chi connectivity index (χ2v) is 6.78. The fraction of sp³-hybridized carbons (Fsp3) is 0.667. The Hall–Kier alpha value is -1.21. The first-order chi connectivity index (χ1) is 11.5. The topological polar surface area (TPSA) is 63.2 Å². The van der Waals surface area contributed by atoms with Crippen molar-refractivity contribution in [3.05, 3.63) is 17.7 Å². The summed E-state index contributed by atoms with van der Waals surface area (Å²) < 4.78 is 16.5. The van der Waals surface area contributed by atoms with E-state index in [1.54, 1.807) is 21.3 Å². The number of ether oxygens (including phenoxy) is 3. The third kappa shape index (κ3) is 4.70. The summed E-state index contributed by atoms with van der Waals surface area (Å²) in [4.78, 5) is 2.40. The largest absolute Gasteiger partial charge is 0.496 e. The highest BCUT2D eigenvalue weighted by atomic mass is 35.5. The molecular formula is C18H31ClN2O4. The van der Waals surface area contributed by atoms with Crippen LogP contribution < -0.4 is 19.5 Å². The van der Waals surface area contributed by atoms with Crippen LogP contribution >= 0.6 is 12.4 Å². The number of aliphatic hydroxyl groups excluding tert-OH is 1. The van der Waals surface area contributed by atoms with Crippen LogP contribution in [0.1, 0.15) is 25.5 Å². The average Bonchev–Trinajstić information content (AvgIpc) is 2.62. The molecule has 0 unspecified atom stereocenters. The summed E-state index contributed by atoms with van der Waals surface area (Å²) in [5.41, 5.74) is 0.681. The number of hydrogen-bond acceptors (Lipinski definition) is 6. The molecule has 1 aliphatic rings. The predicted molar refractivity (Wildman–Crippen MR) is 101 cm³/mol. The van der Waals surface area contributed by atoms with Gasteiger partial charge in [-0.3, -0.25) is 4.90 Å². The van der Waals surface area contributed by atoms with Gasteiger partial charge in [0.15, 0.2) is 11.5 Å². The minimum atomic E-state index is -0.329. The van der Waals surface area contributed by atoms with Crippen molar-refractivity contribution in [2.45, 2.75) is 19.9 Å². The van der Waals surface area contributed by atoms with E-state index in [1.807, 2.05) is 12.1 Å². The molecule has 0 bridgehead atoms. The Kier molecular flexibility index (Phi) is 8.28. The van der Waals surface area contributed by atoms with Crippen molar-refractivity contribution in [2.24, 2.45) is 5.41 Å². The molecule has 1 aliphatic heterocycles. The molecule has 2 N–H and O–H groups in total. The van der Waals surface area contributed by atoms with Crippen LogP contribution in [0.3, 0.4) is 0 Å². The van der Waals surface area contributed by atoms with E-state index in [0.29, 0.717) is 11.5 Å². The van der Waals surface area contributed by atoms with Crippen LogP contribution in [0.4, 0.5) is 0 Å². The summed E-state index contributed by atoms with van der Waals surface area (Å²) in [5.74, 6) is 2.05. The second kappa shape index (κ2) is 9.48. The summed E-state index contributed by atoms with van der Waals surface area (Å²) in [5, 5.41) is 13.4. The Bertz CT molecular complexity index is 548. The number of halogens is 1. The van der Waals surface area contributed by atoms with Crippen LogP contribution in [-0.2, 0) is 0 Å². The van der Waals surface area contributed by atoms with E-state index in [1.165, 1.54) is 0 Å². The smallest absolute Gasteiger partial charge is 0.164 e. The highest BCUT2D eigenvalue weighted by molar-refractivity contribution is 5.85. The fourth-order valence-corrected chi connectivity index (χ4v) is 3.41. The third-order valence-corrected chi connectivity index (χ3v) is 4.69. The molecule has 0 aromatic heterocycles. The van der Waals surface area contributed by atoms with Crippen molar-refractivity contribution >= 4 is 12.4 Å². The molecule has 2 rings (SSSR count). The first kappa shape index (κ1) is 21.8. The van der Waals surface area contributed by atoms with Crippen LogP contribution in [0.2, 0.25) is 0 Å². The van der Waals surface area contributed by atoms with Crippen molar-refractivity contribution in [1.29, 1.82) is 0 Å². The Labute approximate surface area is 156 Å². The minimum absolute atomic E-state index is 0. The van der Waals surface area contributed by atoms with Crippen LogP contribution in [0.5, 0.6) is 17.2 Å². The Morgan fingerprint density at radius 2 is 1.56 bits per heavy atom. The molecule has 7 heteroatoms. The quantitative estimate of drug-likeness (QED) is 0.762. The Balaban J connectivity index is 0.00000312. The molecule has 0 saturated carbocycles. The monoisotopic (exact) mass is 374 g/mol. The number of rotatable bonds is 7. The van der Waals surface area contributed by atoms with Gasteiger partial charge in [0.25, 0.3) is 0 Å². The second-order valence-electron chi connectivity index (χ2n) is 6.78. The van der Waals surface area contributed by atoms with Crippen LogP contribution in [0.25, 0.3) is 0 Å². The van der Waals surface area contributed by atoms with Crippen LogP contribution in [0, 0.1) is 5.41 Å². The third-order valence-electron chi connectivity index (χ3n) is 4.69. The van der Waals surface area contributed by atoms with Gasteiger partial charge in [-0.05, 0) is 6.07 Å². The molecule has 6 nitrogen and oxygen atoms in total. The van der Waals surface area contributed by atoms with Gasteiger partial charge in [0.05, 0.1) is 21.3 Å². The first-order valence-corrected chi connectivity index (χ1v) is 8.34. The van der Waals surface area contributed by atoms with Crippen LogP contribution in [-0.4, -0.2) is 64.1 Å². The highest BCUT2D eigenvalue weighted by Crippen LogP contribution is 2.46. The summed E-state index contributed by atoms with van der Waals surface area (Å²) in [7, 11) is 4.90. The molecule has 1 fully saturated rings. The van der Waals surface area contributed by atoms with Crippen molar-refractivity contribution in [1.82, 2.24) is 10.2 Å². The molecule has 0 aliphatic carbocycles. The van der Waals surface area contributed by atoms with Gasteiger partial charge in [-0.25, -0.2) is 0 Å². The lowest BCUT2D eigenvalue weighted by Gasteiger charge is -2.44. The van der Waals surface area contributed by atoms with Crippen molar-refractivity contribution in [3.63, 3.8) is 0 Å². The van der Waals surface area contributed by atoms with E-state index in [-0.39, 0.29) is 30.5 Å². The Morgan fingerprint density at radius 3 is 2.04 bits per heavy atom. The van der Waals surface area contributed by atoms with Crippen molar-refractivity contribution in [3.8, 4) is 17.2 Å². The van der Waals surface area contributed by atoms with E-state index in [9.17, 15) is 5.11 Å². The molecule has 0 spiro atoms. The zero-order valence-corrected chi connectivity index (χ0v) is 16.6. The summed E-state index contributed by atoms with van der Waals surface area (Å²) in [6, 6.07) is 3.85. The maximum Gasteiger partial charge on any atom is 0.164 e. The maximum absolute atomic E-state index is 10.0. The van der Waals surface area contributed by atoms with Gasteiger partial charge in [0.1, 0.15) is 5.75 Å². The van der Waals surface area contributed by atoms with E-state index in [4.69, 9.17) is 14.2 Å². The summed E-state index contributed by atoms with van der Waals surface area (Å²) in [6.07, 6.45) is 0. The fourth-order valence-electron chi connectivity index (χ4n) is 3.41. The number of nitrogens with zero attached hydrogens (tertiary/aromatic N) is 1. The molecule has 1 heterocycles. The van der Waals surface area contributed by atoms with Gasteiger partial charge in [-0.1, -0.05) is 13.8 Å². The van der Waals surface area contributed by atoms with Gasteiger partial charge < -0.3 is 24.6 Å². The number of piperazine rings is 1. The van der Waals surface area contributed by atoms with Crippen LogP contribution in [0.15, 0.2) is 12.1 Å². The molecule has 1 aromatic rings. The standard InChI is InChI=1S/C18H30N2O4.ClH/c1-18(2,12-21)17(20-8-6-19-7-9-20)13-10-15(23-4)16(24-5)11-14(13)22-3;/h10-11,17,19,21H,6-9,12H2,1-5H3;1H/t17-;/m1./s1. The predicted octanol–water partition coefficient (Wildman–Crippen LogP) is 2.10. The van der Waals surface area contributed by atoms with E-state index < -0.39 is 0 Å². The molecular weight excluding hydrogens is 344 g/mol. The highest BCUT2D eigenvalue weighted by Gasteiger charge is 2.38. The number of benzene rings is 1. The maximum atomic E-state index is 10.0. The molecule has 0 amide bonds. The zero-order chi connectivity index (χ0) is 17.7. The zero-order valence-electron chi connectivity index (χ0n) is 15.8. The lowest BCUT2D eigenvalue weighted by molar-refractivity contribution is 0.0291. The SMILES string of the molecule is COc1cc(OC)c([C@@H](N2CCNCC2)C(C)(C)CO)cc1OC.Cl. The normalized spacial score (nSPS) is 16.7. The number of hydrogen-bond donors (Lipinski definition) is 2. The number of methoxy groups -OCH3 is 3. The van der Waals surface area contributed by atoms with Crippen molar-refractivity contribution < 1.29 is 19.3 Å². The molecule has 25 heavy (non-hydrogen) atoms. The molecule has 0 radical (unpaired) electrons. The van der Waals surface area contributed by atoms with E-state index >= 15 is 0 Å². The van der Waals surface area contributed by atoms with Gasteiger partial charge in [0, 0.05) is 55.9 Å². The lowest BCUT2D eigenvalue weighted by atomic mass is 9.79. The summed E-state index contributed by atoms with van der Waals surface area (Å²) >= 11 is 0. The van der Waals surface area contributed by atoms with Crippen molar-refractivity contribution in [2.75, 3.05) is 54.1 Å². The van der Waals surface area contributed by atoms with E-state index in [0.717, 1.165) is 37.5 Å². The van der Waals surface area contributed by atoms with Gasteiger partial charge in [0.2, 0.25) is 0 Å². The van der Waals surface area contributed by atoms with E-state index in [2.05, 4.69) is 24.1 Å². The lowest BCUT2D eigenvalue weighted by Crippen LogP contribution is -2.49. The molecule has 1 aromatic carbocycles. The van der Waals surface area contributed by atoms with Gasteiger partial charge in [-0.2, -0.15) is 0 Å². The minimum Gasteiger partial charge on any atom is -0.496 e. The molecule has 1 atom stereocenters.